The molecule has 5 N–H and O–H groups in total. The Morgan fingerprint density at radius 2 is 2.15 bits per heavy atom. The normalized spacial score (nSPS) is 26.6. The second-order valence-electron chi connectivity index (χ2n) is 10.0. The minimum Gasteiger partial charge on any atom is -0.356 e. The molecule has 0 saturated heterocycles. The number of nitrogens with one attached hydrogen (secondary N) is 4. The number of amidine groups is 1. The SMILES string of the molecule is CC1=C(CNC(=O)C2=NN(C)C(CC3=CCCC=C3)N2)C(C)NC(NC(O)OC(C)(C)C)C1. The van der Waals surface area contributed by atoms with Crippen molar-refractivity contribution in [3.8, 4) is 0 Å². The van der Waals surface area contributed by atoms with Gasteiger partial charge in [-0.05, 0) is 65.0 Å². The molecule has 1 amide bonds. The summed E-state index contributed by atoms with van der Waals surface area (Å²) >= 11 is 0. The molecule has 4 atom stereocenters. The largest absolute Gasteiger partial charge is 0.356 e. The number of rotatable bonds is 8. The van der Waals surface area contributed by atoms with E-state index in [-0.39, 0.29) is 24.3 Å². The molecule has 3 rings (SSSR count). The number of nitrogens with zero attached hydrogens (tertiary/aromatic N) is 2. The predicted molar refractivity (Wildman–Crippen MR) is 130 cm³/mol. The van der Waals surface area contributed by atoms with Gasteiger partial charge in [0.2, 0.25) is 12.2 Å². The van der Waals surface area contributed by atoms with Crippen LogP contribution in [0.15, 0.2) is 40.0 Å². The number of hydrogen-bond acceptors (Lipinski definition) is 8. The molecule has 184 valence electrons. The van der Waals surface area contributed by atoms with Gasteiger partial charge in [0.05, 0.1) is 11.8 Å². The van der Waals surface area contributed by atoms with Gasteiger partial charge in [-0.25, -0.2) is 0 Å². The van der Waals surface area contributed by atoms with E-state index in [1.54, 1.807) is 0 Å². The third-order valence-corrected chi connectivity index (χ3v) is 6.01. The summed E-state index contributed by atoms with van der Waals surface area (Å²) in [6.45, 7) is 10.2. The molecule has 0 spiro atoms. The Hall–Kier alpha value is -2.20. The smallest absolute Gasteiger partial charge is 0.288 e. The van der Waals surface area contributed by atoms with Crippen molar-refractivity contribution in [3.63, 3.8) is 0 Å². The molecular formula is C24H40N6O3. The van der Waals surface area contributed by atoms with Gasteiger partial charge in [0.1, 0.15) is 6.17 Å². The summed E-state index contributed by atoms with van der Waals surface area (Å²) in [6.07, 6.45) is 9.05. The lowest BCUT2D eigenvalue weighted by atomic mass is 9.94. The quantitative estimate of drug-likeness (QED) is 0.277. The molecule has 0 radical (unpaired) electrons. The van der Waals surface area contributed by atoms with E-state index >= 15 is 0 Å². The average Bonchev–Trinajstić information content (AvgIpc) is 3.07. The highest BCUT2D eigenvalue weighted by Crippen LogP contribution is 2.21. The highest BCUT2D eigenvalue weighted by Gasteiger charge is 2.29. The van der Waals surface area contributed by atoms with Gasteiger partial charge in [0, 0.05) is 26.1 Å². The number of hydrazone groups is 1. The summed E-state index contributed by atoms with van der Waals surface area (Å²) in [5.74, 6) is 0.138. The van der Waals surface area contributed by atoms with E-state index in [0.29, 0.717) is 18.8 Å². The van der Waals surface area contributed by atoms with Crippen molar-refractivity contribution >= 4 is 11.7 Å². The fourth-order valence-electron chi connectivity index (χ4n) is 4.32. The molecule has 33 heavy (non-hydrogen) atoms. The van der Waals surface area contributed by atoms with E-state index in [2.05, 4.69) is 58.4 Å². The van der Waals surface area contributed by atoms with Crippen LogP contribution in [-0.2, 0) is 9.53 Å². The van der Waals surface area contributed by atoms with E-state index in [1.807, 2.05) is 32.8 Å². The summed E-state index contributed by atoms with van der Waals surface area (Å²) in [5, 5.41) is 29.1. The Morgan fingerprint density at radius 3 is 2.79 bits per heavy atom. The number of carbonyl (C=O) groups excluding carboxylic acids is 1. The van der Waals surface area contributed by atoms with Gasteiger partial charge in [0.15, 0.2) is 0 Å². The van der Waals surface area contributed by atoms with Crippen molar-refractivity contribution in [2.24, 2.45) is 5.10 Å². The van der Waals surface area contributed by atoms with Crippen molar-refractivity contribution in [3.05, 3.63) is 34.9 Å². The first kappa shape index (κ1) is 25.4. The van der Waals surface area contributed by atoms with Gasteiger partial charge in [0.25, 0.3) is 5.91 Å². The van der Waals surface area contributed by atoms with Crippen LogP contribution in [0.4, 0.5) is 0 Å². The van der Waals surface area contributed by atoms with Crippen LogP contribution in [0.2, 0.25) is 0 Å². The van der Waals surface area contributed by atoms with Crippen LogP contribution < -0.4 is 21.3 Å². The van der Waals surface area contributed by atoms with Gasteiger partial charge in [-0.15, -0.1) is 0 Å². The first-order chi connectivity index (χ1) is 15.5. The summed E-state index contributed by atoms with van der Waals surface area (Å²) in [5.41, 5.74) is 3.13. The molecule has 4 unspecified atom stereocenters. The maximum Gasteiger partial charge on any atom is 0.288 e. The van der Waals surface area contributed by atoms with Gasteiger partial charge in [-0.3, -0.25) is 20.4 Å². The lowest BCUT2D eigenvalue weighted by Gasteiger charge is -2.35. The summed E-state index contributed by atoms with van der Waals surface area (Å²) in [7, 11) is 1.88. The predicted octanol–water partition coefficient (Wildman–Crippen LogP) is 1.65. The molecule has 3 aliphatic rings. The van der Waals surface area contributed by atoms with Crippen LogP contribution in [0.3, 0.4) is 0 Å². The zero-order valence-electron chi connectivity index (χ0n) is 20.7. The number of hydrogen-bond donors (Lipinski definition) is 5. The maximum atomic E-state index is 12.8. The number of amides is 1. The minimum absolute atomic E-state index is 0.0236. The fourth-order valence-corrected chi connectivity index (χ4v) is 4.32. The molecular weight excluding hydrogens is 420 g/mol. The molecule has 9 nitrogen and oxygen atoms in total. The monoisotopic (exact) mass is 460 g/mol. The second kappa shape index (κ2) is 10.8. The van der Waals surface area contributed by atoms with E-state index in [0.717, 1.165) is 24.8 Å². The van der Waals surface area contributed by atoms with E-state index in [9.17, 15) is 9.90 Å². The van der Waals surface area contributed by atoms with Crippen LogP contribution in [-0.4, -0.2) is 65.8 Å². The molecule has 1 aliphatic carbocycles. The van der Waals surface area contributed by atoms with Crippen LogP contribution in [0.5, 0.6) is 0 Å². The zero-order chi connectivity index (χ0) is 24.2. The minimum atomic E-state index is -1.06. The summed E-state index contributed by atoms with van der Waals surface area (Å²) in [6, 6.07) is 0.0392. The van der Waals surface area contributed by atoms with Gasteiger partial charge in [-0.2, -0.15) is 5.10 Å². The topological polar surface area (TPSA) is 110 Å². The third kappa shape index (κ3) is 7.40. The Bertz CT molecular complexity index is 842. The lowest BCUT2D eigenvalue weighted by Crippen LogP contribution is -2.55. The number of carbonyl (C=O) groups is 1. The first-order valence-electron chi connectivity index (χ1n) is 11.8. The molecule has 2 heterocycles. The molecule has 0 aromatic heterocycles. The molecule has 0 fully saturated rings. The fraction of sp³-hybridized carbons (Fsp3) is 0.667. The van der Waals surface area contributed by atoms with Gasteiger partial charge < -0.3 is 20.5 Å². The third-order valence-electron chi connectivity index (χ3n) is 6.01. The highest BCUT2D eigenvalue weighted by molar-refractivity contribution is 6.38. The van der Waals surface area contributed by atoms with Crippen molar-refractivity contribution in [1.29, 1.82) is 0 Å². The van der Waals surface area contributed by atoms with Crippen LogP contribution >= 0.6 is 0 Å². The van der Waals surface area contributed by atoms with Crippen LogP contribution in [0.25, 0.3) is 0 Å². The van der Waals surface area contributed by atoms with E-state index in [1.165, 1.54) is 11.1 Å². The number of allylic oxidation sites excluding steroid dienone is 3. The van der Waals surface area contributed by atoms with Gasteiger partial charge in [-0.1, -0.05) is 23.8 Å². The molecule has 0 bridgehead atoms. The van der Waals surface area contributed by atoms with Crippen molar-refractivity contribution in [1.82, 2.24) is 26.3 Å². The number of aliphatic hydroxyl groups is 1. The number of aliphatic hydroxyl groups excluding tert-OH is 1. The molecule has 0 saturated carbocycles. The van der Waals surface area contributed by atoms with Crippen LogP contribution in [0, 0.1) is 0 Å². The lowest BCUT2D eigenvalue weighted by molar-refractivity contribution is -0.187. The molecule has 2 aliphatic heterocycles. The molecule has 9 heteroatoms. The van der Waals surface area contributed by atoms with Crippen molar-refractivity contribution in [2.45, 2.75) is 90.7 Å². The molecule has 0 aromatic rings. The summed E-state index contributed by atoms with van der Waals surface area (Å²) in [4.78, 5) is 12.8. The first-order valence-corrected chi connectivity index (χ1v) is 11.8. The van der Waals surface area contributed by atoms with Crippen molar-refractivity contribution < 1.29 is 14.6 Å². The van der Waals surface area contributed by atoms with E-state index in [4.69, 9.17) is 4.74 Å². The zero-order valence-corrected chi connectivity index (χ0v) is 20.7. The highest BCUT2D eigenvalue weighted by atomic mass is 16.6. The number of ether oxygens (including phenoxy) is 1. The van der Waals surface area contributed by atoms with Crippen molar-refractivity contribution in [2.75, 3.05) is 13.6 Å². The Morgan fingerprint density at radius 1 is 1.39 bits per heavy atom. The second-order valence-corrected chi connectivity index (χ2v) is 10.0. The van der Waals surface area contributed by atoms with Crippen LogP contribution in [0.1, 0.15) is 60.3 Å². The average molecular weight is 461 g/mol. The van der Waals surface area contributed by atoms with Gasteiger partial charge >= 0.3 is 0 Å². The Balaban J connectivity index is 1.49. The standard InChI is InChI=1S/C24H40N6O3/c1-15-12-19(27-23(32)33-24(3,4)5)26-16(2)18(15)14-25-22(31)21-28-20(30(6)29-21)13-17-10-8-7-9-11-17/h8,10-11,16,19-20,23,26-27,32H,7,9,12-14H2,1-6H3,(H,25,31)(H,28,29). The molecule has 0 aromatic carbocycles. The van der Waals surface area contributed by atoms with E-state index < -0.39 is 12.0 Å². The summed E-state index contributed by atoms with van der Waals surface area (Å²) < 4.78 is 5.54. The maximum absolute atomic E-state index is 12.8. The Kier molecular flexibility index (Phi) is 8.33. The Labute approximate surface area is 197 Å².